The van der Waals surface area contributed by atoms with Gasteiger partial charge in [0.15, 0.2) is 0 Å². The van der Waals surface area contributed by atoms with E-state index in [0.29, 0.717) is 6.10 Å². The summed E-state index contributed by atoms with van der Waals surface area (Å²) in [5.74, 6) is 1.77. The lowest BCUT2D eigenvalue weighted by atomic mass is 9.75. The highest BCUT2D eigenvalue weighted by Crippen LogP contribution is 2.37. The first-order valence-electron chi connectivity index (χ1n) is 7.53. The molecule has 0 aromatic carbocycles. The zero-order valence-corrected chi connectivity index (χ0v) is 10.9. The predicted octanol–water partition coefficient (Wildman–Crippen LogP) is 4.55. The molecule has 16 heavy (non-hydrogen) atoms. The van der Waals surface area contributed by atoms with Crippen LogP contribution in [0, 0.1) is 11.8 Å². The summed E-state index contributed by atoms with van der Waals surface area (Å²) >= 11 is 0. The van der Waals surface area contributed by atoms with Crippen molar-refractivity contribution in [2.45, 2.75) is 77.2 Å². The van der Waals surface area contributed by atoms with Gasteiger partial charge in [0.25, 0.3) is 0 Å². The molecule has 0 N–H and O–H groups in total. The van der Waals surface area contributed by atoms with Crippen LogP contribution < -0.4 is 0 Å². The smallest absolute Gasteiger partial charge is 0.0631 e. The van der Waals surface area contributed by atoms with E-state index in [2.05, 4.69) is 6.92 Å². The van der Waals surface area contributed by atoms with Gasteiger partial charge >= 0.3 is 0 Å². The molecule has 2 rings (SSSR count). The van der Waals surface area contributed by atoms with Crippen molar-refractivity contribution < 1.29 is 4.74 Å². The van der Waals surface area contributed by atoms with Crippen molar-refractivity contribution in [3.05, 3.63) is 0 Å². The van der Waals surface area contributed by atoms with E-state index in [1.807, 2.05) is 0 Å². The standard InChI is InChI=1S/C15H28O/c1-2-16-15(13-9-5-3-6-10-13)14-11-7-4-8-12-14/h13-15H,2-12H2,1H3. The molecule has 0 aromatic rings. The highest BCUT2D eigenvalue weighted by atomic mass is 16.5. The summed E-state index contributed by atoms with van der Waals surface area (Å²) in [6.45, 7) is 3.08. The average Bonchev–Trinajstić information content (AvgIpc) is 2.38. The summed E-state index contributed by atoms with van der Waals surface area (Å²) in [7, 11) is 0. The fourth-order valence-electron chi connectivity index (χ4n) is 3.77. The van der Waals surface area contributed by atoms with Crippen LogP contribution in [0.3, 0.4) is 0 Å². The summed E-state index contributed by atoms with van der Waals surface area (Å²) in [6.07, 6.45) is 15.0. The van der Waals surface area contributed by atoms with Crippen LogP contribution in [0.25, 0.3) is 0 Å². The van der Waals surface area contributed by atoms with E-state index in [9.17, 15) is 0 Å². The zero-order chi connectivity index (χ0) is 11.2. The second-order valence-corrected chi connectivity index (χ2v) is 5.72. The van der Waals surface area contributed by atoms with E-state index in [1.165, 1.54) is 64.2 Å². The summed E-state index contributed by atoms with van der Waals surface area (Å²) in [5, 5.41) is 0. The van der Waals surface area contributed by atoms with Crippen molar-refractivity contribution in [3.63, 3.8) is 0 Å². The maximum atomic E-state index is 6.12. The summed E-state index contributed by atoms with van der Waals surface area (Å²) in [4.78, 5) is 0. The van der Waals surface area contributed by atoms with E-state index in [1.54, 1.807) is 0 Å². The molecule has 0 aromatic heterocycles. The average molecular weight is 224 g/mol. The fourth-order valence-corrected chi connectivity index (χ4v) is 3.77. The maximum Gasteiger partial charge on any atom is 0.0631 e. The Morgan fingerprint density at radius 1 is 0.812 bits per heavy atom. The molecule has 2 fully saturated rings. The Hall–Kier alpha value is -0.0400. The van der Waals surface area contributed by atoms with Gasteiger partial charge in [0.05, 0.1) is 6.10 Å². The molecule has 2 saturated carbocycles. The van der Waals surface area contributed by atoms with Gasteiger partial charge in [0, 0.05) is 6.61 Å². The van der Waals surface area contributed by atoms with Gasteiger partial charge in [0.1, 0.15) is 0 Å². The normalized spacial score (nSPS) is 25.1. The van der Waals surface area contributed by atoms with Crippen molar-refractivity contribution in [3.8, 4) is 0 Å². The topological polar surface area (TPSA) is 9.23 Å². The largest absolute Gasteiger partial charge is 0.378 e. The Kier molecular flexibility index (Phi) is 5.15. The predicted molar refractivity (Wildman–Crippen MR) is 68.6 cm³/mol. The van der Waals surface area contributed by atoms with Gasteiger partial charge in [-0.3, -0.25) is 0 Å². The lowest BCUT2D eigenvalue weighted by Gasteiger charge is -2.37. The van der Waals surface area contributed by atoms with Crippen LogP contribution in [0.15, 0.2) is 0 Å². The van der Waals surface area contributed by atoms with Crippen LogP contribution in [0.5, 0.6) is 0 Å². The number of ether oxygens (including phenoxy) is 1. The zero-order valence-electron chi connectivity index (χ0n) is 10.9. The first-order valence-corrected chi connectivity index (χ1v) is 7.53. The third kappa shape index (κ3) is 3.23. The molecule has 1 heteroatoms. The maximum absolute atomic E-state index is 6.12. The van der Waals surface area contributed by atoms with E-state index in [4.69, 9.17) is 4.74 Å². The molecule has 0 aliphatic heterocycles. The SMILES string of the molecule is CCOC(C1CCCCC1)C1CCCCC1. The lowest BCUT2D eigenvalue weighted by molar-refractivity contribution is -0.0411. The van der Waals surface area contributed by atoms with Gasteiger partial charge in [-0.2, -0.15) is 0 Å². The molecular weight excluding hydrogens is 196 g/mol. The van der Waals surface area contributed by atoms with Gasteiger partial charge < -0.3 is 4.74 Å². The summed E-state index contributed by atoms with van der Waals surface area (Å²) < 4.78 is 6.12. The van der Waals surface area contributed by atoms with Crippen molar-refractivity contribution >= 4 is 0 Å². The van der Waals surface area contributed by atoms with Gasteiger partial charge in [0.2, 0.25) is 0 Å². The molecule has 0 heterocycles. The number of hydrogen-bond acceptors (Lipinski definition) is 1. The highest BCUT2D eigenvalue weighted by Gasteiger charge is 2.31. The van der Waals surface area contributed by atoms with Gasteiger partial charge in [-0.15, -0.1) is 0 Å². The van der Waals surface area contributed by atoms with Gasteiger partial charge in [-0.1, -0.05) is 38.5 Å². The molecule has 1 nitrogen and oxygen atoms in total. The molecule has 0 saturated heterocycles. The van der Waals surface area contributed by atoms with Crippen molar-refractivity contribution in [1.29, 1.82) is 0 Å². The van der Waals surface area contributed by atoms with Crippen LogP contribution in [0.2, 0.25) is 0 Å². The monoisotopic (exact) mass is 224 g/mol. The van der Waals surface area contributed by atoms with E-state index < -0.39 is 0 Å². The Morgan fingerprint density at radius 2 is 1.25 bits per heavy atom. The second kappa shape index (κ2) is 6.64. The molecule has 0 bridgehead atoms. The Balaban J connectivity index is 1.91. The first-order chi connectivity index (χ1) is 7.92. The van der Waals surface area contributed by atoms with Gasteiger partial charge in [-0.25, -0.2) is 0 Å². The lowest BCUT2D eigenvalue weighted by Crippen LogP contribution is -2.34. The van der Waals surface area contributed by atoms with Crippen LogP contribution in [0.1, 0.15) is 71.1 Å². The minimum Gasteiger partial charge on any atom is -0.378 e. The van der Waals surface area contributed by atoms with E-state index in [0.717, 1.165) is 18.4 Å². The molecular formula is C15H28O. The number of hydrogen-bond donors (Lipinski definition) is 0. The second-order valence-electron chi connectivity index (χ2n) is 5.72. The molecule has 0 amide bonds. The van der Waals surface area contributed by atoms with Crippen molar-refractivity contribution in [2.24, 2.45) is 11.8 Å². The van der Waals surface area contributed by atoms with Crippen LogP contribution in [-0.2, 0) is 4.74 Å². The number of rotatable bonds is 4. The third-order valence-corrected chi connectivity index (χ3v) is 4.59. The van der Waals surface area contributed by atoms with Crippen LogP contribution in [-0.4, -0.2) is 12.7 Å². The van der Waals surface area contributed by atoms with E-state index >= 15 is 0 Å². The summed E-state index contributed by atoms with van der Waals surface area (Å²) in [6, 6.07) is 0. The summed E-state index contributed by atoms with van der Waals surface area (Å²) in [5.41, 5.74) is 0. The first kappa shape index (κ1) is 12.4. The minimum absolute atomic E-state index is 0.602. The third-order valence-electron chi connectivity index (χ3n) is 4.59. The Labute approximate surface area is 101 Å². The molecule has 0 spiro atoms. The van der Waals surface area contributed by atoms with Gasteiger partial charge in [-0.05, 0) is 44.4 Å². The van der Waals surface area contributed by atoms with Crippen molar-refractivity contribution in [2.75, 3.05) is 6.61 Å². The molecule has 0 atom stereocenters. The van der Waals surface area contributed by atoms with Crippen LogP contribution in [0.4, 0.5) is 0 Å². The Morgan fingerprint density at radius 3 is 1.62 bits per heavy atom. The quantitative estimate of drug-likeness (QED) is 0.680. The van der Waals surface area contributed by atoms with Crippen molar-refractivity contribution in [1.82, 2.24) is 0 Å². The molecule has 0 radical (unpaired) electrons. The fraction of sp³-hybridized carbons (Fsp3) is 1.00. The molecule has 2 aliphatic rings. The molecule has 0 unspecified atom stereocenters. The molecule has 94 valence electrons. The Bertz CT molecular complexity index is 160. The minimum atomic E-state index is 0.602. The van der Waals surface area contributed by atoms with E-state index in [-0.39, 0.29) is 0 Å². The van der Waals surface area contributed by atoms with Crippen LogP contribution >= 0.6 is 0 Å². The highest BCUT2D eigenvalue weighted by molar-refractivity contribution is 4.82. The molecule has 2 aliphatic carbocycles.